The van der Waals surface area contributed by atoms with E-state index in [0.717, 1.165) is 19.6 Å². The molecule has 18 heavy (non-hydrogen) atoms. The van der Waals surface area contributed by atoms with Gasteiger partial charge in [0.25, 0.3) is 0 Å². The van der Waals surface area contributed by atoms with E-state index in [1.807, 2.05) is 6.07 Å². The van der Waals surface area contributed by atoms with E-state index >= 15 is 0 Å². The highest BCUT2D eigenvalue weighted by Gasteiger charge is 2.17. The van der Waals surface area contributed by atoms with E-state index in [2.05, 4.69) is 17.3 Å². The zero-order valence-electron chi connectivity index (χ0n) is 10.6. The summed E-state index contributed by atoms with van der Waals surface area (Å²) in [6.45, 7) is 3.00. The van der Waals surface area contributed by atoms with Crippen LogP contribution in [-0.2, 0) is 0 Å². The van der Waals surface area contributed by atoms with Gasteiger partial charge in [-0.05, 0) is 50.6 Å². The van der Waals surface area contributed by atoms with Crippen LogP contribution in [0.5, 0.6) is 0 Å². The molecule has 0 spiro atoms. The highest BCUT2D eigenvalue weighted by Crippen LogP contribution is 2.19. The van der Waals surface area contributed by atoms with E-state index in [1.165, 1.54) is 18.9 Å². The molecule has 1 aliphatic heterocycles. The van der Waals surface area contributed by atoms with Crippen molar-refractivity contribution in [2.24, 2.45) is 5.92 Å². The van der Waals surface area contributed by atoms with Gasteiger partial charge in [0.2, 0.25) is 0 Å². The largest absolute Gasteiger partial charge is 0.382 e. The minimum Gasteiger partial charge on any atom is -0.382 e. The van der Waals surface area contributed by atoms with Gasteiger partial charge in [0.1, 0.15) is 5.82 Å². The summed E-state index contributed by atoms with van der Waals surface area (Å²) in [5, 5.41) is 11.8. The lowest BCUT2D eigenvalue weighted by atomic mass is 9.98. The van der Waals surface area contributed by atoms with Crippen molar-refractivity contribution in [3.8, 4) is 6.07 Å². The van der Waals surface area contributed by atoms with Gasteiger partial charge in [-0.25, -0.2) is 4.39 Å². The van der Waals surface area contributed by atoms with Crippen molar-refractivity contribution in [1.29, 1.82) is 5.26 Å². The lowest BCUT2D eigenvalue weighted by Crippen LogP contribution is -2.35. The molecule has 3 nitrogen and oxygen atoms in total. The van der Waals surface area contributed by atoms with Crippen LogP contribution in [0, 0.1) is 23.1 Å². The van der Waals surface area contributed by atoms with E-state index < -0.39 is 0 Å². The third kappa shape index (κ3) is 3.21. The summed E-state index contributed by atoms with van der Waals surface area (Å²) in [5.74, 6) is 0.219. The number of nitrogens with zero attached hydrogens (tertiary/aromatic N) is 2. The smallest absolute Gasteiger partial charge is 0.147 e. The molecule has 1 aliphatic rings. The molecular weight excluding hydrogens is 229 g/mol. The molecule has 1 atom stereocenters. The quantitative estimate of drug-likeness (QED) is 0.891. The maximum absolute atomic E-state index is 13.6. The molecule has 1 heterocycles. The van der Waals surface area contributed by atoms with Crippen LogP contribution in [-0.4, -0.2) is 31.6 Å². The van der Waals surface area contributed by atoms with Crippen LogP contribution < -0.4 is 5.32 Å². The molecule has 0 radical (unpaired) electrons. The van der Waals surface area contributed by atoms with Gasteiger partial charge in [-0.2, -0.15) is 5.26 Å². The zero-order chi connectivity index (χ0) is 13.0. The molecule has 1 aromatic rings. The number of likely N-dealkylation sites (tertiary alicyclic amines) is 1. The standard InChI is InChI=1S/C14H18FN3/c1-18-6-2-3-12(10-18)9-17-14-5-4-11(8-16)7-13(14)15/h4-5,7,12,17H,2-3,6,9-10H2,1H3. The Kier molecular flexibility index (Phi) is 4.16. The summed E-state index contributed by atoms with van der Waals surface area (Å²) in [6, 6.07) is 6.48. The molecular formula is C14H18FN3. The van der Waals surface area contributed by atoms with E-state index in [1.54, 1.807) is 12.1 Å². The van der Waals surface area contributed by atoms with Crippen LogP contribution in [0.15, 0.2) is 18.2 Å². The van der Waals surface area contributed by atoms with Crippen molar-refractivity contribution in [1.82, 2.24) is 4.90 Å². The first kappa shape index (κ1) is 12.8. The van der Waals surface area contributed by atoms with Gasteiger partial charge in [-0.3, -0.25) is 0 Å². The molecule has 0 saturated carbocycles. The first-order chi connectivity index (χ1) is 8.69. The molecule has 0 amide bonds. The van der Waals surface area contributed by atoms with Gasteiger partial charge in [0.15, 0.2) is 0 Å². The molecule has 1 N–H and O–H groups in total. The summed E-state index contributed by atoms with van der Waals surface area (Å²) < 4.78 is 13.6. The molecule has 4 heteroatoms. The Morgan fingerprint density at radius 1 is 1.56 bits per heavy atom. The maximum atomic E-state index is 13.6. The Morgan fingerprint density at radius 2 is 2.39 bits per heavy atom. The van der Waals surface area contributed by atoms with Gasteiger partial charge in [0, 0.05) is 13.1 Å². The first-order valence-corrected chi connectivity index (χ1v) is 6.31. The third-order valence-corrected chi connectivity index (χ3v) is 3.40. The van der Waals surface area contributed by atoms with Gasteiger partial charge in [-0.1, -0.05) is 0 Å². The highest BCUT2D eigenvalue weighted by atomic mass is 19.1. The van der Waals surface area contributed by atoms with Crippen LogP contribution >= 0.6 is 0 Å². The Hall–Kier alpha value is -1.60. The van der Waals surface area contributed by atoms with E-state index in [9.17, 15) is 4.39 Å². The Balaban J connectivity index is 1.92. The second kappa shape index (κ2) is 5.83. The van der Waals surface area contributed by atoms with Crippen LogP contribution in [0.25, 0.3) is 0 Å². The van der Waals surface area contributed by atoms with Gasteiger partial charge in [0.05, 0.1) is 17.3 Å². The fourth-order valence-electron chi connectivity index (χ4n) is 2.42. The second-order valence-corrected chi connectivity index (χ2v) is 4.96. The van der Waals surface area contributed by atoms with Gasteiger partial charge >= 0.3 is 0 Å². The van der Waals surface area contributed by atoms with Crippen molar-refractivity contribution >= 4 is 5.69 Å². The lowest BCUT2D eigenvalue weighted by molar-refractivity contribution is 0.217. The van der Waals surface area contributed by atoms with Crippen molar-refractivity contribution in [3.63, 3.8) is 0 Å². The maximum Gasteiger partial charge on any atom is 0.147 e. The zero-order valence-corrected chi connectivity index (χ0v) is 10.6. The molecule has 0 aliphatic carbocycles. The molecule has 1 aromatic carbocycles. The Labute approximate surface area is 107 Å². The van der Waals surface area contributed by atoms with Crippen molar-refractivity contribution < 1.29 is 4.39 Å². The number of nitriles is 1. The normalized spacial score (nSPS) is 20.4. The molecule has 0 bridgehead atoms. The van der Waals surface area contributed by atoms with Crippen molar-refractivity contribution in [3.05, 3.63) is 29.6 Å². The predicted molar refractivity (Wildman–Crippen MR) is 69.8 cm³/mol. The summed E-state index contributed by atoms with van der Waals surface area (Å²) >= 11 is 0. The molecule has 1 unspecified atom stereocenters. The summed E-state index contributed by atoms with van der Waals surface area (Å²) in [7, 11) is 2.12. The fraction of sp³-hybridized carbons (Fsp3) is 0.500. The van der Waals surface area contributed by atoms with Crippen LogP contribution in [0.3, 0.4) is 0 Å². The summed E-state index contributed by atoms with van der Waals surface area (Å²) in [4.78, 5) is 2.31. The molecule has 2 rings (SSSR count). The minimum atomic E-state index is -0.349. The number of anilines is 1. The van der Waals surface area contributed by atoms with Gasteiger partial charge in [-0.15, -0.1) is 0 Å². The van der Waals surface area contributed by atoms with E-state index in [0.29, 0.717) is 17.2 Å². The Bertz CT molecular complexity index is 453. The van der Waals surface area contributed by atoms with Crippen LogP contribution in [0.4, 0.5) is 10.1 Å². The number of rotatable bonds is 3. The van der Waals surface area contributed by atoms with E-state index in [4.69, 9.17) is 5.26 Å². The number of halogens is 1. The number of nitrogens with one attached hydrogen (secondary N) is 1. The number of piperidine rings is 1. The number of benzene rings is 1. The minimum absolute atomic E-state index is 0.349. The van der Waals surface area contributed by atoms with Crippen LogP contribution in [0.2, 0.25) is 0 Å². The molecule has 96 valence electrons. The predicted octanol–water partition coefficient (Wildman–Crippen LogP) is 2.45. The van der Waals surface area contributed by atoms with Crippen LogP contribution in [0.1, 0.15) is 18.4 Å². The summed E-state index contributed by atoms with van der Waals surface area (Å²) in [5.41, 5.74) is 0.845. The fourth-order valence-corrected chi connectivity index (χ4v) is 2.42. The average Bonchev–Trinajstić information content (AvgIpc) is 2.37. The molecule has 1 saturated heterocycles. The number of hydrogen-bond donors (Lipinski definition) is 1. The second-order valence-electron chi connectivity index (χ2n) is 4.96. The van der Waals surface area contributed by atoms with Crippen molar-refractivity contribution in [2.45, 2.75) is 12.8 Å². The third-order valence-electron chi connectivity index (χ3n) is 3.40. The van der Waals surface area contributed by atoms with E-state index in [-0.39, 0.29) is 5.82 Å². The highest BCUT2D eigenvalue weighted by molar-refractivity contribution is 5.48. The SMILES string of the molecule is CN1CCCC(CNc2ccc(C#N)cc2F)C1. The monoisotopic (exact) mass is 247 g/mol. The lowest BCUT2D eigenvalue weighted by Gasteiger charge is -2.30. The molecule has 0 aromatic heterocycles. The van der Waals surface area contributed by atoms with Gasteiger partial charge < -0.3 is 10.2 Å². The Morgan fingerprint density at radius 3 is 3.06 bits per heavy atom. The average molecular weight is 247 g/mol. The number of hydrogen-bond acceptors (Lipinski definition) is 3. The topological polar surface area (TPSA) is 39.1 Å². The van der Waals surface area contributed by atoms with Crippen molar-refractivity contribution in [2.75, 3.05) is 32.0 Å². The first-order valence-electron chi connectivity index (χ1n) is 6.31. The summed E-state index contributed by atoms with van der Waals surface area (Å²) in [6.07, 6.45) is 2.40. The molecule has 1 fully saturated rings.